The van der Waals surface area contributed by atoms with Crippen LogP contribution in [0, 0.1) is 6.92 Å². The number of piperidine rings is 1. The number of morpholine rings is 1. The van der Waals surface area contributed by atoms with E-state index >= 15 is 0 Å². The predicted octanol–water partition coefficient (Wildman–Crippen LogP) is 2.91. The third kappa shape index (κ3) is 4.44. The number of amides is 1. The van der Waals surface area contributed by atoms with Gasteiger partial charge in [-0.2, -0.15) is 0 Å². The number of carbonyl (C=O) groups is 1. The van der Waals surface area contributed by atoms with Gasteiger partial charge in [-0.25, -0.2) is 4.98 Å². The van der Waals surface area contributed by atoms with Crippen molar-refractivity contribution in [2.75, 3.05) is 44.3 Å². The molecule has 0 radical (unpaired) electrons. The summed E-state index contributed by atoms with van der Waals surface area (Å²) < 4.78 is 11.4. The van der Waals surface area contributed by atoms with E-state index in [0.717, 1.165) is 37.5 Å². The molecule has 2 saturated heterocycles. The van der Waals surface area contributed by atoms with Gasteiger partial charge in [0.25, 0.3) is 5.91 Å². The minimum absolute atomic E-state index is 0.0348. The molecule has 6 heteroatoms. The summed E-state index contributed by atoms with van der Waals surface area (Å²) in [5.74, 6) is 1.90. The molecule has 0 bridgehead atoms. The molecule has 0 unspecified atom stereocenters. The number of carbonyl (C=O) groups excluding carboxylic acids is 1. The van der Waals surface area contributed by atoms with Crippen LogP contribution >= 0.6 is 0 Å². The lowest BCUT2D eigenvalue weighted by Crippen LogP contribution is -2.41. The number of nitrogens with zero attached hydrogens (tertiary/aromatic N) is 3. The maximum Gasteiger partial charge on any atom is 0.255 e. The fourth-order valence-corrected chi connectivity index (χ4v) is 3.66. The summed E-state index contributed by atoms with van der Waals surface area (Å²) in [4.78, 5) is 21.2. The van der Waals surface area contributed by atoms with Crippen LogP contribution in [0.25, 0.3) is 0 Å². The van der Waals surface area contributed by atoms with Gasteiger partial charge in [0.15, 0.2) is 0 Å². The van der Waals surface area contributed by atoms with E-state index in [2.05, 4.69) is 28.9 Å². The number of hydrogen-bond donors (Lipinski definition) is 0. The Kier molecular flexibility index (Phi) is 5.76. The van der Waals surface area contributed by atoms with Crippen LogP contribution in [0.5, 0.6) is 5.75 Å². The topological polar surface area (TPSA) is 54.9 Å². The fraction of sp³-hybridized carbons (Fsp3) is 0.455. The number of anilines is 1. The average molecular weight is 381 g/mol. The maximum absolute atomic E-state index is 12.5. The summed E-state index contributed by atoms with van der Waals surface area (Å²) in [6.07, 6.45) is 3.86. The Bertz CT molecular complexity index is 778. The number of aryl methyl sites for hydroxylation is 1. The van der Waals surface area contributed by atoms with E-state index in [0.29, 0.717) is 31.9 Å². The lowest BCUT2D eigenvalue weighted by molar-refractivity contribution is 0.0302. The highest BCUT2D eigenvalue weighted by Gasteiger charge is 2.23. The van der Waals surface area contributed by atoms with Gasteiger partial charge in [-0.3, -0.25) is 4.79 Å². The van der Waals surface area contributed by atoms with Gasteiger partial charge in [-0.05, 0) is 31.2 Å². The van der Waals surface area contributed by atoms with Crippen molar-refractivity contribution in [2.45, 2.75) is 25.9 Å². The van der Waals surface area contributed by atoms with Gasteiger partial charge in [0, 0.05) is 45.2 Å². The molecule has 2 aliphatic heterocycles. The number of hydrogen-bond acceptors (Lipinski definition) is 5. The standard InChI is InChI=1S/C22H27N3O3/c1-17-2-5-19(6-3-17)28-20-8-10-24(11-9-20)21-7-4-18(16-23-21)22(26)25-12-14-27-15-13-25/h2-7,16,20H,8-15H2,1H3. The van der Waals surface area contributed by atoms with E-state index in [4.69, 9.17) is 9.47 Å². The van der Waals surface area contributed by atoms with Crippen molar-refractivity contribution in [1.29, 1.82) is 0 Å². The first-order chi connectivity index (χ1) is 13.7. The average Bonchev–Trinajstić information content (AvgIpc) is 2.76. The SMILES string of the molecule is Cc1ccc(OC2CCN(c3ccc(C(=O)N4CCOCC4)cn3)CC2)cc1. The Hall–Kier alpha value is -2.60. The third-order valence-corrected chi connectivity index (χ3v) is 5.38. The number of rotatable bonds is 4. The Morgan fingerprint density at radius 3 is 2.39 bits per heavy atom. The van der Waals surface area contributed by atoms with Crippen LogP contribution in [0.2, 0.25) is 0 Å². The molecular formula is C22H27N3O3. The predicted molar refractivity (Wildman–Crippen MR) is 108 cm³/mol. The zero-order chi connectivity index (χ0) is 19.3. The van der Waals surface area contributed by atoms with E-state index < -0.39 is 0 Å². The van der Waals surface area contributed by atoms with E-state index in [9.17, 15) is 4.79 Å². The molecule has 0 N–H and O–H groups in total. The molecule has 2 aliphatic rings. The van der Waals surface area contributed by atoms with Crippen molar-refractivity contribution in [1.82, 2.24) is 9.88 Å². The van der Waals surface area contributed by atoms with Gasteiger partial charge in [0.1, 0.15) is 17.7 Å². The van der Waals surface area contributed by atoms with Gasteiger partial charge >= 0.3 is 0 Å². The summed E-state index contributed by atoms with van der Waals surface area (Å²) in [6, 6.07) is 12.1. The van der Waals surface area contributed by atoms with Crippen molar-refractivity contribution in [3.63, 3.8) is 0 Å². The second-order valence-electron chi connectivity index (χ2n) is 7.43. The molecule has 0 aliphatic carbocycles. The molecule has 1 aromatic heterocycles. The minimum atomic E-state index is 0.0348. The van der Waals surface area contributed by atoms with Crippen LogP contribution in [0.15, 0.2) is 42.6 Å². The molecule has 1 aromatic carbocycles. The molecule has 4 rings (SSSR count). The zero-order valence-corrected chi connectivity index (χ0v) is 16.3. The monoisotopic (exact) mass is 381 g/mol. The molecule has 28 heavy (non-hydrogen) atoms. The third-order valence-electron chi connectivity index (χ3n) is 5.38. The lowest BCUT2D eigenvalue weighted by Gasteiger charge is -2.33. The quantitative estimate of drug-likeness (QED) is 0.815. The minimum Gasteiger partial charge on any atom is -0.490 e. The van der Waals surface area contributed by atoms with E-state index in [-0.39, 0.29) is 12.0 Å². The first-order valence-corrected chi connectivity index (χ1v) is 10.0. The van der Waals surface area contributed by atoms with Gasteiger partial charge in [0.05, 0.1) is 18.8 Å². The maximum atomic E-state index is 12.5. The smallest absolute Gasteiger partial charge is 0.255 e. The molecule has 0 atom stereocenters. The highest BCUT2D eigenvalue weighted by Crippen LogP contribution is 2.22. The van der Waals surface area contributed by atoms with Crippen LogP contribution in [0.4, 0.5) is 5.82 Å². The van der Waals surface area contributed by atoms with Crippen molar-refractivity contribution >= 4 is 11.7 Å². The lowest BCUT2D eigenvalue weighted by atomic mass is 10.1. The van der Waals surface area contributed by atoms with Crippen LogP contribution in [0.3, 0.4) is 0 Å². The highest BCUT2D eigenvalue weighted by atomic mass is 16.5. The number of pyridine rings is 1. The van der Waals surface area contributed by atoms with Crippen molar-refractivity contribution in [3.05, 3.63) is 53.7 Å². The molecule has 0 saturated carbocycles. The molecule has 2 fully saturated rings. The molecule has 1 amide bonds. The van der Waals surface area contributed by atoms with Crippen LogP contribution in [-0.4, -0.2) is 61.3 Å². The second kappa shape index (κ2) is 8.61. The summed E-state index contributed by atoms with van der Waals surface area (Å²) in [5.41, 5.74) is 1.88. The molecule has 2 aromatic rings. The summed E-state index contributed by atoms with van der Waals surface area (Å²) in [6.45, 7) is 6.40. The first-order valence-electron chi connectivity index (χ1n) is 10.0. The van der Waals surface area contributed by atoms with Gasteiger partial charge in [-0.1, -0.05) is 17.7 Å². The van der Waals surface area contributed by atoms with Gasteiger partial charge in [-0.15, -0.1) is 0 Å². The van der Waals surface area contributed by atoms with E-state index in [1.54, 1.807) is 6.20 Å². The first kappa shape index (κ1) is 18.7. The normalized spacial score (nSPS) is 18.2. The zero-order valence-electron chi connectivity index (χ0n) is 16.3. The Morgan fingerprint density at radius 2 is 1.75 bits per heavy atom. The molecular weight excluding hydrogens is 354 g/mol. The Morgan fingerprint density at radius 1 is 1.04 bits per heavy atom. The molecule has 148 valence electrons. The summed E-state index contributed by atoms with van der Waals surface area (Å²) in [7, 11) is 0. The summed E-state index contributed by atoms with van der Waals surface area (Å²) in [5, 5.41) is 0. The van der Waals surface area contributed by atoms with Gasteiger partial charge in [0.2, 0.25) is 0 Å². The number of aromatic nitrogens is 1. The van der Waals surface area contributed by atoms with E-state index in [1.807, 2.05) is 29.2 Å². The highest BCUT2D eigenvalue weighted by molar-refractivity contribution is 5.94. The molecule has 3 heterocycles. The van der Waals surface area contributed by atoms with Crippen LogP contribution < -0.4 is 9.64 Å². The largest absolute Gasteiger partial charge is 0.490 e. The molecule has 0 spiro atoms. The molecule has 6 nitrogen and oxygen atoms in total. The van der Waals surface area contributed by atoms with Gasteiger partial charge < -0.3 is 19.3 Å². The number of ether oxygens (including phenoxy) is 2. The summed E-state index contributed by atoms with van der Waals surface area (Å²) >= 11 is 0. The second-order valence-corrected chi connectivity index (χ2v) is 7.43. The Labute approximate surface area is 166 Å². The van der Waals surface area contributed by atoms with Crippen molar-refractivity contribution < 1.29 is 14.3 Å². The van der Waals surface area contributed by atoms with Crippen molar-refractivity contribution in [2.24, 2.45) is 0 Å². The van der Waals surface area contributed by atoms with Crippen molar-refractivity contribution in [3.8, 4) is 5.75 Å². The van der Waals surface area contributed by atoms with Crippen LogP contribution in [0.1, 0.15) is 28.8 Å². The van der Waals surface area contributed by atoms with Crippen LogP contribution in [-0.2, 0) is 4.74 Å². The number of benzene rings is 1. The Balaban J connectivity index is 1.30. The van der Waals surface area contributed by atoms with E-state index in [1.165, 1.54) is 5.56 Å². The fourth-order valence-electron chi connectivity index (χ4n) is 3.66.